The average Bonchev–Trinajstić information content (AvgIpc) is 2.12. The molecule has 0 heterocycles. The summed E-state index contributed by atoms with van der Waals surface area (Å²) in [6, 6.07) is 0. The summed E-state index contributed by atoms with van der Waals surface area (Å²) in [4.78, 5) is 7.10. The molecule has 0 atom stereocenters. The summed E-state index contributed by atoms with van der Waals surface area (Å²) < 4.78 is 0. The molecule has 2 heteroatoms. The summed E-state index contributed by atoms with van der Waals surface area (Å²) in [7, 11) is 2.22. The molecule has 0 radical (unpaired) electrons. The van der Waals surface area contributed by atoms with E-state index in [2.05, 4.69) is 32.7 Å². The third kappa shape index (κ3) is 6.15. The van der Waals surface area contributed by atoms with E-state index in [4.69, 9.17) is 0 Å². The van der Waals surface area contributed by atoms with Crippen LogP contribution in [0.1, 0.15) is 27.2 Å². The van der Waals surface area contributed by atoms with E-state index >= 15 is 0 Å². The molecule has 0 unspecified atom stereocenters. The van der Waals surface area contributed by atoms with Crippen LogP contribution < -0.4 is 0 Å². The van der Waals surface area contributed by atoms with Crippen LogP contribution in [0.4, 0.5) is 0 Å². The first-order valence-corrected chi connectivity index (χ1v) is 10.6. The Labute approximate surface area is 83.6 Å². The first kappa shape index (κ1) is 12.6. The summed E-state index contributed by atoms with van der Waals surface area (Å²) in [5, 5.41) is 0. The van der Waals surface area contributed by atoms with E-state index in [9.17, 15) is 0 Å². The van der Waals surface area contributed by atoms with Gasteiger partial charge in [0, 0.05) is 0 Å². The molecule has 0 spiro atoms. The Morgan fingerprint density at radius 2 is 1.67 bits per heavy atom. The van der Waals surface area contributed by atoms with E-state index in [1.165, 1.54) is 19.5 Å². The minimum absolute atomic E-state index is 0.729. The monoisotopic (exact) mass is 227 g/mol. The van der Waals surface area contributed by atoms with Crippen LogP contribution in [0.25, 0.3) is 0 Å². The van der Waals surface area contributed by atoms with E-state index in [-0.39, 0.29) is 0 Å². The summed E-state index contributed by atoms with van der Waals surface area (Å²) >= 11 is -0.729. The first-order chi connectivity index (χ1) is 5.74. The van der Waals surface area contributed by atoms with Crippen LogP contribution >= 0.6 is 0 Å². The Kier molecular flexibility index (Phi) is 8.61. The molecule has 72 valence electrons. The second-order valence-corrected chi connectivity index (χ2v) is 12.0. The van der Waals surface area contributed by atoms with Gasteiger partial charge in [-0.1, -0.05) is 0 Å². The van der Waals surface area contributed by atoms with Crippen molar-refractivity contribution in [2.45, 2.75) is 42.1 Å². The van der Waals surface area contributed by atoms with Gasteiger partial charge in [0.1, 0.15) is 0 Å². The van der Waals surface area contributed by atoms with Crippen molar-refractivity contribution in [1.82, 2.24) is 4.90 Å². The molecule has 0 saturated carbocycles. The molecule has 0 aliphatic carbocycles. The maximum absolute atomic E-state index is 2.42. The van der Waals surface area contributed by atoms with Crippen LogP contribution in [-0.2, 0) is 0 Å². The zero-order valence-corrected chi connectivity index (χ0v) is 11.7. The first-order valence-electron chi connectivity index (χ1n) is 5.43. The van der Waals surface area contributed by atoms with Crippen LogP contribution in [0.5, 0.6) is 0 Å². The van der Waals surface area contributed by atoms with Gasteiger partial charge in [-0.3, -0.25) is 0 Å². The Bertz CT molecular complexity index is 91.8. The molecule has 0 aromatic rings. The maximum atomic E-state index is 2.42. The number of rotatable bonds is 7. The van der Waals surface area contributed by atoms with Gasteiger partial charge in [-0.15, -0.1) is 0 Å². The van der Waals surface area contributed by atoms with Crippen molar-refractivity contribution in [2.24, 2.45) is 0 Å². The molecule has 0 N–H and O–H groups in total. The van der Waals surface area contributed by atoms with Gasteiger partial charge in [-0.05, 0) is 0 Å². The number of hydrogen-bond acceptors (Lipinski definition) is 1. The fourth-order valence-corrected chi connectivity index (χ4v) is 6.02. The van der Waals surface area contributed by atoms with Gasteiger partial charge < -0.3 is 0 Å². The van der Waals surface area contributed by atoms with Crippen molar-refractivity contribution in [3.05, 3.63) is 0 Å². The second kappa shape index (κ2) is 8.21. The molecular weight excluding hydrogens is 204 g/mol. The number of hydrogen-bond donors (Lipinski definition) is 0. The molecular formula is C10H24GaN. The molecule has 0 aliphatic rings. The zero-order chi connectivity index (χ0) is 9.40. The van der Waals surface area contributed by atoms with E-state index in [1.54, 1.807) is 14.9 Å². The van der Waals surface area contributed by atoms with Crippen molar-refractivity contribution in [3.8, 4) is 0 Å². The van der Waals surface area contributed by atoms with E-state index < -0.39 is 16.2 Å². The molecule has 0 aliphatic heterocycles. The third-order valence-corrected chi connectivity index (χ3v) is 10.3. The van der Waals surface area contributed by atoms with E-state index in [1.807, 2.05) is 0 Å². The number of nitrogens with zero attached hydrogens (tertiary/aromatic N) is 1. The Balaban J connectivity index is 3.28. The van der Waals surface area contributed by atoms with Gasteiger partial charge in [-0.25, -0.2) is 0 Å². The average molecular weight is 228 g/mol. The molecule has 0 bridgehead atoms. The topological polar surface area (TPSA) is 3.24 Å². The summed E-state index contributed by atoms with van der Waals surface area (Å²) in [6.45, 7) is 9.53. The fraction of sp³-hybridized carbons (Fsp3) is 1.00. The van der Waals surface area contributed by atoms with Crippen LogP contribution in [0.3, 0.4) is 0 Å². The summed E-state index contributed by atoms with van der Waals surface area (Å²) in [6.07, 6.45) is 1.46. The molecule has 0 fully saturated rings. The van der Waals surface area contributed by atoms with Crippen molar-refractivity contribution < 1.29 is 0 Å². The van der Waals surface area contributed by atoms with Crippen LogP contribution in [0, 0.1) is 0 Å². The molecule has 1 nitrogen and oxygen atoms in total. The molecule has 0 aromatic heterocycles. The predicted octanol–water partition coefficient (Wildman–Crippen LogP) is 2.86. The molecule has 0 saturated heterocycles. The minimum atomic E-state index is -0.729. The van der Waals surface area contributed by atoms with Gasteiger partial charge in [0.05, 0.1) is 0 Å². The van der Waals surface area contributed by atoms with Crippen LogP contribution in [0.2, 0.25) is 14.9 Å². The van der Waals surface area contributed by atoms with Crippen LogP contribution in [0.15, 0.2) is 0 Å². The van der Waals surface area contributed by atoms with Crippen molar-refractivity contribution in [2.75, 3.05) is 20.1 Å². The van der Waals surface area contributed by atoms with Gasteiger partial charge in [-0.2, -0.15) is 0 Å². The molecule has 0 aromatic carbocycles. The summed E-state index contributed by atoms with van der Waals surface area (Å²) in [5.41, 5.74) is 0. The quantitative estimate of drug-likeness (QED) is 0.605. The summed E-state index contributed by atoms with van der Waals surface area (Å²) in [5.74, 6) is 0. The fourth-order valence-electron chi connectivity index (χ4n) is 1.50. The Morgan fingerprint density at radius 3 is 2.08 bits per heavy atom. The third-order valence-electron chi connectivity index (χ3n) is 2.85. The standard InChI is InChI=1S/C6H14N.2C2H5.Ga/c1-4-6-7(3)5-2;2*1-2;/h1,4-6H2,2-3H3;2*1H2,2H3;. The second-order valence-electron chi connectivity index (χ2n) is 3.72. The van der Waals surface area contributed by atoms with Crippen LogP contribution in [-0.4, -0.2) is 41.3 Å². The van der Waals surface area contributed by atoms with E-state index in [0.29, 0.717) is 0 Å². The zero-order valence-electron chi connectivity index (χ0n) is 9.27. The van der Waals surface area contributed by atoms with Gasteiger partial charge in [0.2, 0.25) is 0 Å². The SMILES string of the molecule is CCN(C)CC[CH2][Ga]([CH2]C)[CH2]C. The Hall–Kier alpha value is 0.596. The normalized spacial score (nSPS) is 10.8. The van der Waals surface area contributed by atoms with Gasteiger partial charge >= 0.3 is 83.4 Å². The predicted molar refractivity (Wildman–Crippen MR) is 59.3 cm³/mol. The van der Waals surface area contributed by atoms with Crippen molar-refractivity contribution >= 4 is 16.2 Å². The van der Waals surface area contributed by atoms with Crippen molar-refractivity contribution in [3.63, 3.8) is 0 Å². The molecule has 12 heavy (non-hydrogen) atoms. The molecule has 0 rings (SSSR count). The molecule has 0 amide bonds. The van der Waals surface area contributed by atoms with Gasteiger partial charge in [0.25, 0.3) is 0 Å². The van der Waals surface area contributed by atoms with E-state index in [0.717, 1.165) is 0 Å². The Morgan fingerprint density at radius 1 is 1.08 bits per heavy atom. The van der Waals surface area contributed by atoms with Gasteiger partial charge in [0.15, 0.2) is 0 Å². The van der Waals surface area contributed by atoms with Crippen molar-refractivity contribution in [1.29, 1.82) is 0 Å².